The standard InChI is InChI=1S/C63H40N4S/c1-4-18-41(19-5-1)46-24-16-25-47(38-46)55-40-54(65-63(66-55)45-22-8-3-9-23-45)42-34-36-44(37-35-42)61-58(59-60(43-20-6-2-7-21-43)64-53-31-13-10-30-52(53)62(59)68-61)48-26-17-27-49(39-48)67-56-32-14-11-28-50(56)51-29-12-15-33-57(51)67/h1-40H. The predicted molar refractivity (Wildman–Crippen MR) is 285 cm³/mol. The SMILES string of the molecule is c1ccc(-c2cccc(-c3cc(-c4ccc(-c5sc6c(c(-c7ccccc7)nc7ccccc76)c5-c5cccc(-n6c7ccccc7c7ccccc76)c5)cc4)nc(-c4ccccc4)n3)c2)cc1. The molecule has 0 aliphatic heterocycles. The van der Waals surface area contributed by atoms with Gasteiger partial charge in [0.15, 0.2) is 5.82 Å². The largest absolute Gasteiger partial charge is 0.309 e. The maximum Gasteiger partial charge on any atom is 0.160 e. The third kappa shape index (κ3) is 6.88. The van der Waals surface area contributed by atoms with Crippen molar-refractivity contribution in [2.75, 3.05) is 0 Å². The number of aromatic nitrogens is 4. The number of fused-ring (bicyclic) bond motifs is 6. The summed E-state index contributed by atoms with van der Waals surface area (Å²) in [4.78, 5) is 17.0. The lowest BCUT2D eigenvalue weighted by Crippen LogP contribution is -1.96. The quantitative estimate of drug-likeness (QED) is 0.153. The molecule has 68 heavy (non-hydrogen) atoms. The summed E-state index contributed by atoms with van der Waals surface area (Å²) in [7, 11) is 0. The summed E-state index contributed by atoms with van der Waals surface area (Å²) >= 11 is 1.85. The summed E-state index contributed by atoms with van der Waals surface area (Å²) in [6.45, 7) is 0. The molecule has 13 rings (SSSR count). The van der Waals surface area contributed by atoms with Crippen LogP contribution in [0.1, 0.15) is 0 Å². The van der Waals surface area contributed by atoms with E-state index in [4.69, 9.17) is 15.0 Å². The van der Waals surface area contributed by atoms with E-state index in [-0.39, 0.29) is 0 Å². The molecule has 0 amide bonds. The van der Waals surface area contributed by atoms with Crippen molar-refractivity contribution in [3.63, 3.8) is 0 Å². The predicted octanol–water partition coefficient (Wildman–Crippen LogP) is 17.0. The number of rotatable bonds is 8. The van der Waals surface area contributed by atoms with Crippen LogP contribution in [-0.2, 0) is 0 Å². The number of thiophene rings is 1. The number of nitrogens with zero attached hydrogens (tertiary/aromatic N) is 4. The number of hydrogen-bond donors (Lipinski definition) is 0. The molecule has 0 bridgehead atoms. The fraction of sp³-hybridized carbons (Fsp3) is 0. The molecule has 5 heteroatoms. The summed E-state index contributed by atoms with van der Waals surface area (Å²) in [5.41, 5.74) is 17.0. The Balaban J connectivity index is 1.01. The lowest BCUT2D eigenvalue weighted by Gasteiger charge is -2.14. The molecule has 13 aromatic rings. The first kappa shape index (κ1) is 39.6. The third-order valence-electron chi connectivity index (χ3n) is 13.0. The highest BCUT2D eigenvalue weighted by atomic mass is 32.1. The van der Waals surface area contributed by atoms with Crippen molar-refractivity contribution in [3.05, 3.63) is 243 Å². The van der Waals surface area contributed by atoms with E-state index in [9.17, 15) is 0 Å². The van der Waals surface area contributed by atoms with Gasteiger partial charge in [0, 0.05) is 64.6 Å². The Hall–Kier alpha value is -8.77. The monoisotopic (exact) mass is 884 g/mol. The highest BCUT2D eigenvalue weighted by Crippen LogP contribution is 2.50. The summed E-state index contributed by atoms with van der Waals surface area (Å²) in [6, 6.07) is 86.2. The first-order valence-corrected chi connectivity index (χ1v) is 23.7. The topological polar surface area (TPSA) is 43.6 Å². The number of pyridine rings is 1. The van der Waals surface area contributed by atoms with Gasteiger partial charge in [0.2, 0.25) is 0 Å². The van der Waals surface area contributed by atoms with Crippen LogP contribution in [0.15, 0.2) is 243 Å². The molecule has 4 nitrogen and oxygen atoms in total. The van der Waals surface area contributed by atoms with Gasteiger partial charge in [-0.2, -0.15) is 0 Å². The molecule has 9 aromatic carbocycles. The second-order valence-electron chi connectivity index (χ2n) is 17.1. The number of para-hydroxylation sites is 3. The third-order valence-corrected chi connectivity index (χ3v) is 14.3. The van der Waals surface area contributed by atoms with Gasteiger partial charge in [-0.25, -0.2) is 15.0 Å². The van der Waals surface area contributed by atoms with Crippen LogP contribution in [0, 0.1) is 0 Å². The number of hydrogen-bond acceptors (Lipinski definition) is 4. The minimum absolute atomic E-state index is 0.690. The van der Waals surface area contributed by atoms with E-state index in [1.807, 2.05) is 29.5 Å². The van der Waals surface area contributed by atoms with Crippen molar-refractivity contribution in [1.29, 1.82) is 0 Å². The van der Waals surface area contributed by atoms with Crippen molar-refractivity contribution >= 4 is 54.1 Å². The number of benzene rings is 9. The Morgan fingerprint density at radius 3 is 1.57 bits per heavy atom. The Morgan fingerprint density at radius 1 is 0.338 bits per heavy atom. The zero-order valence-corrected chi connectivity index (χ0v) is 37.6. The summed E-state index contributed by atoms with van der Waals surface area (Å²) in [5.74, 6) is 0.690. The molecule has 318 valence electrons. The lowest BCUT2D eigenvalue weighted by atomic mass is 9.94. The maximum atomic E-state index is 5.45. The van der Waals surface area contributed by atoms with Crippen molar-refractivity contribution in [2.45, 2.75) is 0 Å². The van der Waals surface area contributed by atoms with Crippen molar-refractivity contribution in [1.82, 2.24) is 19.5 Å². The van der Waals surface area contributed by atoms with Crippen LogP contribution in [0.5, 0.6) is 0 Å². The molecule has 0 atom stereocenters. The van der Waals surface area contributed by atoms with Gasteiger partial charge in [0.1, 0.15) is 0 Å². The van der Waals surface area contributed by atoms with Gasteiger partial charge in [-0.1, -0.05) is 200 Å². The fourth-order valence-corrected chi connectivity index (χ4v) is 11.2. The highest BCUT2D eigenvalue weighted by Gasteiger charge is 2.24. The van der Waals surface area contributed by atoms with E-state index in [1.165, 1.54) is 42.5 Å². The zero-order chi connectivity index (χ0) is 45.0. The Bertz CT molecular complexity index is 3950. The molecule has 0 unspecified atom stereocenters. The van der Waals surface area contributed by atoms with E-state index >= 15 is 0 Å². The molecule has 0 N–H and O–H groups in total. The average molecular weight is 885 g/mol. The van der Waals surface area contributed by atoms with Gasteiger partial charge in [-0.15, -0.1) is 11.3 Å². The molecule has 0 saturated carbocycles. The van der Waals surface area contributed by atoms with Gasteiger partial charge in [-0.3, -0.25) is 0 Å². The zero-order valence-electron chi connectivity index (χ0n) is 36.8. The maximum absolute atomic E-state index is 5.45. The molecule has 0 aliphatic rings. The summed E-state index contributed by atoms with van der Waals surface area (Å²) in [6.07, 6.45) is 0. The molecule has 0 saturated heterocycles. The first-order valence-electron chi connectivity index (χ1n) is 22.9. The molecular weight excluding hydrogens is 845 g/mol. The van der Waals surface area contributed by atoms with Crippen LogP contribution in [0.25, 0.3) is 126 Å². The molecule has 0 aliphatic carbocycles. The second-order valence-corrected chi connectivity index (χ2v) is 18.1. The molecule has 0 fully saturated rings. The van der Waals surface area contributed by atoms with Crippen LogP contribution < -0.4 is 0 Å². The van der Waals surface area contributed by atoms with E-state index in [1.54, 1.807) is 0 Å². The average Bonchev–Trinajstić information content (AvgIpc) is 3.99. The lowest BCUT2D eigenvalue weighted by molar-refractivity contribution is 1.18. The minimum atomic E-state index is 0.690. The minimum Gasteiger partial charge on any atom is -0.309 e. The van der Waals surface area contributed by atoms with Crippen molar-refractivity contribution in [2.24, 2.45) is 0 Å². The molecule has 4 aromatic heterocycles. The first-order chi connectivity index (χ1) is 33.7. The van der Waals surface area contributed by atoms with E-state index in [0.717, 1.165) is 78.0 Å². The normalized spacial score (nSPS) is 11.5. The smallest absolute Gasteiger partial charge is 0.160 e. The highest BCUT2D eigenvalue weighted by molar-refractivity contribution is 7.24. The van der Waals surface area contributed by atoms with Crippen molar-refractivity contribution < 1.29 is 0 Å². The van der Waals surface area contributed by atoms with Crippen LogP contribution in [0.2, 0.25) is 0 Å². The summed E-state index contributed by atoms with van der Waals surface area (Å²) < 4.78 is 3.62. The van der Waals surface area contributed by atoms with Crippen molar-refractivity contribution in [3.8, 4) is 83.5 Å². The summed E-state index contributed by atoms with van der Waals surface area (Å²) in [5, 5.41) is 4.78. The van der Waals surface area contributed by atoms with E-state index in [2.05, 4.69) is 229 Å². The van der Waals surface area contributed by atoms with Crippen LogP contribution in [-0.4, -0.2) is 19.5 Å². The van der Waals surface area contributed by atoms with Crippen LogP contribution in [0.3, 0.4) is 0 Å². The molecule has 0 spiro atoms. The van der Waals surface area contributed by atoms with Gasteiger partial charge in [0.05, 0.1) is 33.6 Å². The Kier molecular flexibility index (Phi) is 9.66. The Labute approximate surface area is 397 Å². The van der Waals surface area contributed by atoms with Crippen LogP contribution >= 0.6 is 11.3 Å². The van der Waals surface area contributed by atoms with Gasteiger partial charge < -0.3 is 4.57 Å². The fourth-order valence-electron chi connectivity index (χ4n) is 9.81. The Morgan fingerprint density at radius 2 is 0.868 bits per heavy atom. The van der Waals surface area contributed by atoms with E-state index < -0.39 is 0 Å². The molecular formula is C63H40N4S. The second kappa shape index (κ2) is 16.6. The van der Waals surface area contributed by atoms with Gasteiger partial charge >= 0.3 is 0 Å². The molecule has 0 radical (unpaired) electrons. The van der Waals surface area contributed by atoms with Gasteiger partial charge in [0.25, 0.3) is 0 Å². The van der Waals surface area contributed by atoms with Gasteiger partial charge in [-0.05, 0) is 64.7 Å². The molecule has 4 heterocycles. The van der Waals surface area contributed by atoms with E-state index in [0.29, 0.717) is 5.82 Å². The van der Waals surface area contributed by atoms with Crippen LogP contribution in [0.4, 0.5) is 0 Å².